The molecule has 1 unspecified atom stereocenters. The van der Waals surface area contributed by atoms with Gasteiger partial charge in [-0.1, -0.05) is 31.1 Å². The minimum atomic E-state index is -2.84. The molecule has 0 bridgehead atoms. The normalized spacial score (nSPS) is 12.7. The number of alkyl halides is 2. The molecule has 2 aromatic rings. The second kappa shape index (κ2) is 5.90. The third kappa shape index (κ3) is 2.89. The Labute approximate surface area is 115 Å². The summed E-state index contributed by atoms with van der Waals surface area (Å²) in [6, 6.07) is 6.25. The number of ether oxygens (including phenoxy) is 1. The summed E-state index contributed by atoms with van der Waals surface area (Å²) >= 11 is 0. The van der Waals surface area contributed by atoms with Crippen LogP contribution in [0.4, 0.5) is 14.6 Å². The molecule has 20 heavy (non-hydrogen) atoms. The van der Waals surface area contributed by atoms with Crippen molar-refractivity contribution in [3.8, 4) is 16.9 Å². The Balaban J connectivity index is 2.34. The van der Waals surface area contributed by atoms with Crippen LogP contribution in [0.2, 0.25) is 0 Å². The number of nitrogens with two attached hydrogens (primary N) is 1. The van der Waals surface area contributed by atoms with Crippen LogP contribution in [0.3, 0.4) is 0 Å². The highest BCUT2D eigenvalue weighted by Gasteiger charge is 2.20. The van der Waals surface area contributed by atoms with Gasteiger partial charge in [-0.2, -0.15) is 8.78 Å². The van der Waals surface area contributed by atoms with E-state index >= 15 is 0 Å². The maximum atomic E-state index is 12.1. The first kappa shape index (κ1) is 14.3. The molecule has 0 aliphatic rings. The van der Waals surface area contributed by atoms with Gasteiger partial charge in [0.15, 0.2) is 5.82 Å². The smallest absolute Gasteiger partial charge is 0.387 e. The average Bonchev–Trinajstić information content (AvgIpc) is 2.80. The van der Waals surface area contributed by atoms with Crippen molar-refractivity contribution in [2.45, 2.75) is 32.8 Å². The molecule has 108 valence electrons. The van der Waals surface area contributed by atoms with Crippen molar-refractivity contribution >= 4 is 5.82 Å². The van der Waals surface area contributed by atoms with Crippen molar-refractivity contribution < 1.29 is 18.0 Å². The van der Waals surface area contributed by atoms with Gasteiger partial charge >= 0.3 is 6.61 Å². The quantitative estimate of drug-likeness (QED) is 0.899. The van der Waals surface area contributed by atoms with E-state index in [4.69, 9.17) is 10.3 Å². The Morgan fingerprint density at radius 2 is 1.95 bits per heavy atom. The molecule has 0 aliphatic heterocycles. The molecule has 1 heterocycles. The highest BCUT2D eigenvalue weighted by atomic mass is 19.3. The van der Waals surface area contributed by atoms with Gasteiger partial charge in [-0.15, -0.1) is 0 Å². The molecule has 0 aliphatic carbocycles. The van der Waals surface area contributed by atoms with Crippen molar-refractivity contribution in [1.82, 2.24) is 5.16 Å². The van der Waals surface area contributed by atoms with Gasteiger partial charge in [0.2, 0.25) is 0 Å². The number of rotatable bonds is 5. The number of benzene rings is 1. The molecule has 1 atom stereocenters. The predicted molar refractivity (Wildman–Crippen MR) is 71.7 cm³/mol. The van der Waals surface area contributed by atoms with Crippen LogP contribution in [0.25, 0.3) is 11.1 Å². The molecule has 0 saturated carbocycles. The molecule has 2 rings (SSSR count). The highest BCUT2D eigenvalue weighted by molar-refractivity contribution is 5.76. The standard InChI is InChI=1S/C14H16F2N2O2/c1-3-8(2)12-11(13(17)18-20-12)9-4-6-10(7-5-9)19-14(15)16/h4-8,14H,3H2,1-2H3,(H2,17,18). The van der Waals surface area contributed by atoms with Crippen LogP contribution in [-0.2, 0) is 0 Å². The van der Waals surface area contributed by atoms with E-state index in [-0.39, 0.29) is 11.7 Å². The lowest BCUT2D eigenvalue weighted by Gasteiger charge is -2.09. The zero-order chi connectivity index (χ0) is 14.7. The number of anilines is 1. The molecule has 0 fully saturated rings. The van der Waals surface area contributed by atoms with Crippen molar-refractivity contribution in [1.29, 1.82) is 0 Å². The number of halogens is 2. The van der Waals surface area contributed by atoms with Crippen LogP contribution in [0.1, 0.15) is 31.9 Å². The molecule has 1 aromatic heterocycles. The minimum Gasteiger partial charge on any atom is -0.435 e. The molecular weight excluding hydrogens is 266 g/mol. The second-order valence-electron chi connectivity index (χ2n) is 4.52. The summed E-state index contributed by atoms with van der Waals surface area (Å²) in [4.78, 5) is 0. The maximum Gasteiger partial charge on any atom is 0.387 e. The van der Waals surface area contributed by atoms with Gasteiger partial charge in [0, 0.05) is 5.92 Å². The summed E-state index contributed by atoms with van der Waals surface area (Å²) in [5.41, 5.74) is 7.30. The van der Waals surface area contributed by atoms with E-state index in [1.165, 1.54) is 12.1 Å². The van der Waals surface area contributed by atoms with E-state index in [1.54, 1.807) is 12.1 Å². The fraction of sp³-hybridized carbons (Fsp3) is 0.357. The zero-order valence-electron chi connectivity index (χ0n) is 11.3. The number of nitrogen functional groups attached to an aromatic ring is 1. The SMILES string of the molecule is CCC(C)c1onc(N)c1-c1ccc(OC(F)F)cc1. The van der Waals surface area contributed by atoms with Gasteiger partial charge in [-0.3, -0.25) is 0 Å². The van der Waals surface area contributed by atoms with Crippen LogP contribution < -0.4 is 10.5 Å². The lowest BCUT2D eigenvalue weighted by Crippen LogP contribution is -2.01. The number of hydrogen-bond acceptors (Lipinski definition) is 4. The fourth-order valence-electron chi connectivity index (χ4n) is 1.93. The monoisotopic (exact) mass is 282 g/mol. The van der Waals surface area contributed by atoms with E-state index in [1.807, 2.05) is 13.8 Å². The first-order valence-corrected chi connectivity index (χ1v) is 6.33. The Hall–Kier alpha value is -2.11. The maximum absolute atomic E-state index is 12.1. The zero-order valence-corrected chi connectivity index (χ0v) is 11.3. The third-order valence-electron chi connectivity index (χ3n) is 3.17. The third-order valence-corrected chi connectivity index (χ3v) is 3.17. The number of hydrogen-bond donors (Lipinski definition) is 1. The van der Waals surface area contributed by atoms with Crippen molar-refractivity contribution in [2.24, 2.45) is 0 Å². The molecule has 4 nitrogen and oxygen atoms in total. The lowest BCUT2D eigenvalue weighted by molar-refractivity contribution is -0.0498. The van der Waals surface area contributed by atoms with E-state index in [2.05, 4.69) is 9.89 Å². The van der Waals surface area contributed by atoms with E-state index in [0.717, 1.165) is 12.0 Å². The van der Waals surface area contributed by atoms with Gasteiger partial charge in [0.1, 0.15) is 11.5 Å². The van der Waals surface area contributed by atoms with Crippen LogP contribution in [0.15, 0.2) is 28.8 Å². The van der Waals surface area contributed by atoms with Crippen LogP contribution in [-0.4, -0.2) is 11.8 Å². The molecule has 0 saturated heterocycles. The van der Waals surface area contributed by atoms with Crippen molar-refractivity contribution in [2.75, 3.05) is 5.73 Å². The summed E-state index contributed by atoms with van der Waals surface area (Å²) in [7, 11) is 0. The molecule has 0 radical (unpaired) electrons. The van der Waals surface area contributed by atoms with Crippen LogP contribution in [0.5, 0.6) is 5.75 Å². The topological polar surface area (TPSA) is 61.3 Å². The Morgan fingerprint density at radius 1 is 1.30 bits per heavy atom. The van der Waals surface area contributed by atoms with Gasteiger partial charge in [-0.05, 0) is 24.1 Å². The highest BCUT2D eigenvalue weighted by Crippen LogP contribution is 2.36. The van der Waals surface area contributed by atoms with Crippen molar-refractivity contribution in [3.05, 3.63) is 30.0 Å². The number of aromatic nitrogens is 1. The summed E-state index contributed by atoms with van der Waals surface area (Å²) in [5, 5.41) is 3.78. The number of nitrogens with zero attached hydrogens (tertiary/aromatic N) is 1. The molecule has 6 heteroatoms. The van der Waals surface area contributed by atoms with Gasteiger partial charge in [0.25, 0.3) is 0 Å². The summed E-state index contributed by atoms with van der Waals surface area (Å²) < 4.78 is 33.8. The predicted octanol–water partition coefficient (Wildman–Crippen LogP) is 4.04. The van der Waals surface area contributed by atoms with Gasteiger partial charge in [0.05, 0.1) is 5.56 Å². The second-order valence-corrected chi connectivity index (χ2v) is 4.52. The van der Waals surface area contributed by atoms with Gasteiger partial charge < -0.3 is 15.0 Å². The fourth-order valence-corrected chi connectivity index (χ4v) is 1.93. The van der Waals surface area contributed by atoms with Crippen LogP contribution in [0, 0.1) is 0 Å². The Bertz CT molecular complexity index is 567. The first-order valence-electron chi connectivity index (χ1n) is 6.33. The summed E-state index contributed by atoms with van der Waals surface area (Å²) in [6.45, 7) is 1.21. The van der Waals surface area contributed by atoms with E-state index in [9.17, 15) is 8.78 Å². The minimum absolute atomic E-state index is 0.101. The van der Waals surface area contributed by atoms with Crippen molar-refractivity contribution in [3.63, 3.8) is 0 Å². The molecule has 0 spiro atoms. The van der Waals surface area contributed by atoms with E-state index < -0.39 is 6.61 Å². The molecular formula is C14H16F2N2O2. The van der Waals surface area contributed by atoms with Crippen LogP contribution >= 0.6 is 0 Å². The molecule has 1 aromatic carbocycles. The summed E-state index contributed by atoms with van der Waals surface area (Å²) in [6.07, 6.45) is 0.883. The molecule has 0 amide bonds. The molecule has 2 N–H and O–H groups in total. The lowest BCUT2D eigenvalue weighted by atomic mass is 9.97. The first-order chi connectivity index (χ1) is 9.52. The van der Waals surface area contributed by atoms with Gasteiger partial charge in [-0.25, -0.2) is 0 Å². The Morgan fingerprint density at radius 3 is 2.50 bits per heavy atom. The largest absolute Gasteiger partial charge is 0.435 e. The Kier molecular flexibility index (Phi) is 4.22. The summed E-state index contributed by atoms with van der Waals surface area (Å²) in [5.74, 6) is 1.27. The van der Waals surface area contributed by atoms with E-state index in [0.29, 0.717) is 17.1 Å². The average molecular weight is 282 g/mol.